The molecule has 2 N–H and O–H groups in total. The van der Waals surface area contributed by atoms with Crippen LogP contribution in [0, 0.1) is 5.82 Å². The molecule has 24 heavy (non-hydrogen) atoms. The molecular weight excluding hydrogens is 374 g/mol. The zero-order valence-corrected chi connectivity index (χ0v) is 14.2. The summed E-state index contributed by atoms with van der Waals surface area (Å²) >= 11 is 12.8. The van der Waals surface area contributed by atoms with Crippen LogP contribution in [0.4, 0.5) is 20.0 Å². The van der Waals surface area contributed by atoms with Gasteiger partial charge in [0.05, 0.1) is 10.0 Å². The molecule has 0 atom stereocenters. The van der Waals surface area contributed by atoms with Gasteiger partial charge in [-0.25, -0.2) is 9.18 Å². The highest BCUT2D eigenvalue weighted by molar-refractivity contribution is 7.18. The molecular formula is C15H9Cl2FN4OS. The first-order valence-corrected chi connectivity index (χ1v) is 8.21. The molecule has 122 valence electrons. The van der Waals surface area contributed by atoms with Gasteiger partial charge in [0.1, 0.15) is 10.8 Å². The van der Waals surface area contributed by atoms with Gasteiger partial charge in [-0.05, 0) is 30.3 Å². The first-order valence-electron chi connectivity index (χ1n) is 6.64. The van der Waals surface area contributed by atoms with E-state index in [2.05, 4.69) is 20.8 Å². The summed E-state index contributed by atoms with van der Waals surface area (Å²) in [6.45, 7) is 0. The Morgan fingerprint density at radius 1 is 1.04 bits per heavy atom. The molecule has 5 nitrogen and oxygen atoms in total. The monoisotopic (exact) mass is 382 g/mol. The van der Waals surface area contributed by atoms with Crippen LogP contribution in [0.3, 0.4) is 0 Å². The van der Waals surface area contributed by atoms with Crippen LogP contribution in [0.1, 0.15) is 0 Å². The van der Waals surface area contributed by atoms with E-state index in [0.717, 1.165) is 11.3 Å². The summed E-state index contributed by atoms with van der Waals surface area (Å²) in [6.07, 6.45) is 0. The van der Waals surface area contributed by atoms with Gasteiger partial charge < -0.3 is 5.32 Å². The molecule has 0 saturated heterocycles. The minimum Gasteiger partial charge on any atom is -0.308 e. The fourth-order valence-electron chi connectivity index (χ4n) is 1.85. The van der Waals surface area contributed by atoms with Crippen LogP contribution in [0.15, 0.2) is 42.5 Å². The van der Waals surface area contributed by atoms with Crippen molar-refractivity contribution >= 4 is 51.4 Å². The van der Waals surface area contributed by atoms with Crippen molar-refractivity contribution in [3.63, 3.8) is 0 Å². The number of rotatable bonds is 3. The fourth-order valence-corrected chi connectivity index (χ4v) is 2.88. The van der Waals surface area contributed by atoms with Gasteiger partial charge in [-0.15, -0.1) is 10.2 Å². The minimum absolute atomic E-state index is 0.284. The number of aromatic nitrogens is 2. The van der Waals surface area contributed by atoms with Crippen molar-refractivity contribution in [2.24, 2.45) is 0 Å². The Morgan fingerprint density at radius 3 is 2.62 bits per heavy atom. The highest BCUT2D eigenvalue weighted by atomic mass is 35.5. The Hall–Kier alpha value is -2.22. The average Bonchev–Trinajstić information content (AvgIpc) is 2.99. The summed E-state index contributed by atoms with van der Waals surface area (Å²) in [5.41, 5.74) is 1.07. The molecule has 2 amide bonds. The number of urea groups is 1. The maximum Gasteiger partial charge on any atom is 0.325 e. The number of anilines is 2. The number of nitrogens with zero attached hydrogens (tertiary/aromatic N) is 2. The Bertz CT molecular complexity index is 903. The van der Waals surface area contributed by atoms with E-state index in [1.165, 1.54) is 18.2 Å². The number of carbonyl (C=O) groups excluding carboxylic acids is 1. The Labute approximate surface area is 150 Å². The maximum absolute atomic E-state index is 13.2. The van der Waals surface area contributed by atoms with Crippen LogP contribution in [0.2, 0.25) is 10.0 Å². The summed E-state index contributed by atoms with van der Waals surface area (Å²) in [7, 11) is 0. The molecule has 9 heteroatoms. The molecule has 0 aliphatic heterocycles. The van der Waals surface area contributed by atoms with E-state index in [0.29, 0.717) is 26.3 Å². The molecule has 0 aliphatic rings. The molecule has 0 bridgehead atoms. The first-order chi connectivity index (χ1) is 11.5. The normalized spacial score (nSPS) is 10.5. The van der Waals surface area contributed by atoms with Crippen LogP contribution in [-0.2, 0) is 0 Å². The summed E-state index contributed by atoms with van der Waals surface area (Å²) < 4.78 is 13.2. The number of hydrogen-bond donors (Lipinski definition) is 2. The quantitative estimate of drug-likeness (QED) is 0.645. The van der Waals surface area contributed by atoms with Gasteiger partial charge in [0, 0.05) is 11.3 Å². The molecule has 0 saturated carbocycles. The van der Waals surface area contributed by atoms with Crippen LogP contribution >= 0.6 is 34.5 Å². The zero-order chi connectivity index (χ0) is 17.1. The van der Waals surface area contributed by atoms with Crippen molar-refractivity contribution < 1.29 is 9.18 Å². The third-order valence-electron chi connectivity index (χ3n) is 2.89. The van der Waals surface area contributed by atoms with Crippen LogP contribution < -0.4 is 10.6 Å². The number of benzene rings is 2. The predicted molar refractivity (Wildman–Crippen MR) is 94.4 cm³/mol. The summed E-state index contributed by atoms with van der Waals surface area (Å²) in [4.78, 5) is 12.0. The number of halogens is 3. The summed E-state index contributed by atoms with van der Waals surface area (Å²) in [6, 6.07) is 10.2. The minimum atomic E-state index is -0.504. The largest absolute Gasteiger partial charge is 0.325 e. The van der Waals surface area contributed by atoms with Gasteiger partial charge in [0.2, 0.25) is 5.13 Å². The highest BCUT2D eigenvalue weighted by Gasteiger charge is 2.11. The number of amides is 2. The Morgan fingerprint density at radius 2 is 1.88 bits per heavy atom. The Balaban J connectivity index is 1.68. The van der Waals surface area contributed by atoms with E-state index < -0.39 is 6.03 Å². The van der Waals surface area contributed by atoms with Gasteiger partial charge in [0.25, 0.3) is 0 Å². The zero-order valence-electron chi connectivity index (χ0n) is 11.9. The van der Waals surface area contributed by atoms with Gasteiger partial charge in [0.15, 0.2) is 0 Å². The van der Waals surface area contributed by atoms with Gasteiger partial charge in [-0.1, -0.05) is 46.7 Å². The van der Waals surface area contributed by atoms with Gasteiger partial charge >= 0.3 is 6.03 Å². The summed E-state index contributed by atoms with van der Waals surface area (Å²) in [5, 5.41) is 14.5. The lowest BCUT2D eigenvalue weighted by Crippen LogP contribution is -2.19. The molecule has 3 rings (SSSR count). The molecule has 1 aromatic heterocycles. The number of hydrogen-bond acceptors (Lipinski definition) is 4. The molecule has 3 aromatic rings. The SMILES string of the molecule is O=C(Nc1ccc(Cl)c(Cl)c1)Nc1nnc(-c2cccc(F)c2)s1. The predicted octanol–water partition coefficient (Wildman–Crippen LogP) is 5.30. The summed E-state index contributed by atoms with van der Waals surface area (Å²) in [5.74, 6) is -0.366. The van der Waals surface area contributed by atoms with E-state index >= 15 is 0 Å². The Kier molecular flexibility index (Phi) is 4.94. The van der Waals surface area contributed by atoms with Crippen LogP contribution in [0.5, 0.6) is 0 Å². The lowest BCUT2D eigenvalue weighted by Gasteiger charge is -2.05. The molecule has 0 aliphatic carbocycles. The van der Waals surface area contributed by atoms with Gasteiger partial charge in [-0.3, -0.25) is 5.32 Å². The third-order valence-corrected chi connectivity index (χ3v) is 4.52. The van der Waals surface area contributed by atoms with Crippen molar-refractivity contribution in [3.05, 3.63) is 58.3 Å². The van der Waals surface area contributed by atoms with E-state index in [-0.39, 0.29) is 10.9 Å². The molecule has 2 aromatic carbocycles. The molecule has 0 unspecified atom stereocenters. The van der Waals surface area contributed by atoms with Crippen LogP contribution in [-0.4, -0.2) is 16.2 Å². The molecule has 1 heterocycles. The van der Waals surface area contributed by atoms with E-state index in [1.54, 1.807) is 24.3 Å². The lowest BCUT2D eigenvalue weighted by atomic mass is 10.2. The molecule has 0 spiro atoms. The van der Waals surface area contributed by atoms with E-state index in [9.17, 15) is 9.18 Å². The van der Waals surface area contributed by atoms with Crippen molar-refractivity contribution in [2.75, 3.05) is 10.6 Å². The number of carbonyl (C=O) groups is 1. The van der Waals surface area contributed by atoms with Crippen LogP contribution in [0.25, 0.3) is 10.6 Å². The van der Waals surface area contributed by atoms with E-state index in [4.69, 9.17) is 23.2 Å². The lowest BCUT2D eigenvalue weighted by molar-refractivity contribution is 0.262. The first kappa shape index (κ1) is 16.6. The van der Waals surface area contributed by atoms with Crippen molar-refractivity contribution in [3.8, 4) is 10.6 Å². The standard InChI is InChI=1S/C15H9Cl2FN4OS/c16-11-5-4-10(7-12(11)17)19-14(23)20-15-22-21-13(24-15)8-2-1-3-9(18)6-8/h1-7H,(H2,19,20,22,23). The van der Waals surface area contributed by atoms with Crippen molar-refractivity contribution in [1.29, 1.82) is 0 Å². The van der Waals surface area contributed by atoms with Gasteiger partial charge in [-0.2, -0.15) is 0 Å². The van der Waals surface area contributed by atoms with E-state index in [1.807, 2.05) is 0 Å². The average molecular weight is 383 g/mol. The number of nitrogens with one attached hydrogen (secondary N) is 2. The van der Waals surface area contributed by atoms with Crippen molar-refractivity contribution in [1.82, 2.24) is 10.2 Å². The second-order valence-electron chi connectivity index (χ2n) is 4.63. The fraction of sp³-hybridized carbons (Fsp3) is 0. The molecule has 0 radical (unpaired) electrons. The second-order valence-corrected chi connectivity index (χ2v) is 6.42. The van der Waals surface area contributed by atoms with Crippen molar-refractivity contribution in [2.45, 2.75) is 0 Å². The topological polar surface area (TPSA) is 66.9 Å². The highest BCUT2D eigenvalue weighted by Crippen LogP contribution is 2.27. The maximum atomic E-state index is 13.2. The third kappa shape index (κ3) is 4.00. The molecule has 0 fully saturated rings. The second kappa shape index (κ2) is 7.12. The smallest absolute Gasteiger partial charge is 0.308 e.